The molecule has 4 atom stereocenters. The van der Waals surface area contributed by atoms with E-state index in [4.69, 9.17) is 13.9 Å². The fourth-order valence-corrected chi connectivity index (χ4v) is 10.3. The van der Waals surface area contributed by atoms with Crippen molar-refractivity contribution >= 4 is 24.7 Å². The lowest BCUT2D eigenvalue weighted by Crippen LogP contribution is -2.69. The highest BCUT2D eigenvalue weighted by atomic mass is 28.4. The van der Waals surface area contributed by atoms with Crippen LogP contribution in [0.25, 0.3) is 0 Å². The molecule has 184 valence electrons. The van der Waals surface area contributed by atoms with Crippen LogP contribution in [0.5, 0.6) is 0 Å². The number of benzene rings is 2. The van der Waals surface area contributed by atoms with Gasteiger partial charge < -0.3 is 19.0 Å². The molecule has 0 bridgehead atoms. The van der Waals surface area contributed by atoms with Gasteiger partial charge in [0.05, 0.1) is 24.2 Å². The van der Waals surface area contributed by atoms with Gasteiger partial charge in [0.1, 0.15) is 5.60 Å². The molecule has 2 aromatic carbocycles. The Morgan fingerprint density at radius 1 is 0.971 bits per heavy atom. The Labute approximate surface area is 204 Å². The maximum Gasteiger partial charge on any atom is 0.308 e. The van der Waals surface area contributed by atoms with E-state index in [0.717, 1.165) is 0 Å². The molecular formula is C28H38O5Si. The molecule has 0 spiro atoms. The maximum atomic E-state index is 12.7. The Morgan fingerprint density at radius 2 is 1.50 bits per heavy atom. The van der Waals surface area contributed by atoms with Gasteiger partial charge in [-0.2, -0.15) is 0 Å². The maximum absolute atomic E-state index is 12.7. The first-order chi connectivity index (χ1) is 15.9. The number of hydrogen-bond donors (Lipinski definition) is 1. The first-order valence-corrected chi connectivity index (χ1v) is 14.2. The second-order valence-corrected chi connectivity index (χ2v) is 15.8. The summed E-state index contributed by atoms with van der Waals surface area (Å²) in [5, 5.41) is 12.7. The molecule has 2 aromatic rings. The second-order valence-electron chi connectivity index (χ2n) is 11.5. The predicted molar refractivity (Wildman–Crippen MR) is 136 cm³/mol. The van der Waals surface area contributed by atoms with Gasteiger partial charge in [0.25, 0.3) is 8.32 Å². The van der Waals surface area contributed by atoms with Crippen molar-refractivity contribution < 1.29 is 23.8 Å². The first kappa shape index (κ1) is 25.1. The molecule has 2 aliphatic heterocycles. The van der Waals surface area contributed by atoms with Crippen molar-refractivity contribution in [2.45, 2.75) is 95.4 Å². The zero-order valence-corrected chi connectivity index (χ0v) is 22.2. The lowest BCUT2D eigenvalue weighted by atomic mass is 9.91. The summed E-state index contributed by atoms with van der Waals surface area (Å²) in [5.41, 5.74) is -1.68. The third-order valence-electron chi connectivity index (χ3n) is 7.41. The molecule has 2 saturated heterocycles. The number of cyclic esters (lactones) is 1. The zero-order chi connectivity index (χ0) is 24.8. The number of ether oxygens (including phenoxy) is 2. The molecule has 2 fully saturated rings. The molecular weight excluding hydrogens is 444 g/mol. The van der Waals surface area contributed by atoms with Gasteiger partial charge in [-0.05, 0) is 49.0 Å². The predicted octanol–water partition coefficient (Wildman–Crippen LogP) is 3.96. The topological polar surface area (TPSA) is 65.0 Å². The third kappa shape index (κ3) is 4.49. The van der Waals surface area contributed by atoms with Crippen molar-refractivity contribution in [1.29, 1.82) is 0 Å². The van der Waals surface area contributed by atoms with E-state index in [2.05, 4.69) is 69.3 Å². The van der Waals surface area contributed by atoms with Gasteiger partial charge in [0.2, 0.25) is 0 Å². The van der Waals surface area contributed by atoms with Gasteiger partial charge >= 0.3 is 5.97 Å². The average molecular weight is 483 g/mol. The minimum absolute atomic E-state index is 0.196. The lowest BCUT2D eigenvalue weighted by Gasteiger charge is -2.46. The molecule has 0 radical (unpaired) electrons. The van der Waals surface area contributed by atoms with Gasteiger partial charge in [-0.25, -0.2) is 0 Å². The van der Waals surface area contributed by atoms with E-state index < -0.39 is 31.7 Å². The van der Waals surface area contributed by atoms with E-state index >= 15 is 0 Å². The van der Waals surface area contributed by atoms with Crippen LogP contribution in [0.15, 0.2) is 60.7 Å². The van der Waals surface area contributed by atoms with Crippen LogP contribution >= 0.6 is 0 Å². The Hall–Kier alpha value is -1.99. The van der Waals surface area contributed by atoms with Gasteiger partial charge in [-0.15, -0.1) is 0 Å². The fraction of sp³-hybridized carbons (Fsp3) is 0.536. The van der Waals surface area contributed by atoms with Crippen LogP contribution in [0.2, 0.25) is 5.04 Å². The molecule has 2 aliphatic rings. The quantitative estimate of drug-likeness (QED) is 0.499. The molecule has 0 aromatic heterocycles. The van der Waals surface area contributed by atoms with E-state index in [-0.39, 0.29) is 23.5 Å². The summed E-state index contributed by atoms with van der Waals surface area (Å²) < 4.78 is 19.6. The highest BCUT2D eigenvalue weighted by molar-refractivity contribution is 6.99. The molecule has 4 rings (SSSR count). The van der Waals surface area contributed by atoms with Crippen LogP contribution in [0.3, 0.4) is 0 Å². The van der Waals surface area contributed by atoms with E-state index in [9.17, 15) is 9.90 Å². The van der Waals surface area contributed by atoms with Crippen LogP contribution in [-0.2, 0) is 18.7 Å². The zero-order valence-electron chi connectivity index (χ0n) is 21.2. The molecule has 1 N–H and O–H groups in total. The Bertz CT molecular complexity index is 955. The van der Waals surface area contributed by atoms with Crippen LogP contribution in [-0.4, -0.2) is 48.9 Å². The fourth-order valence-electron chi connectivity index (χ4n) is 5.64. The summed E-state index contributed by atoms with van der Waals surface area (Å²) in [6, 6.07) is 20.8. The first-order valence-electron chi connectivity index (χ1n) is 12.3. The summed E-state index contributed by atoms with van der Waals surface area (Å²) in [4.78, 5) is 12.7. The lowest BCUT2D eigenvalue weighted by molar-refractivity contribution is -0.177. The van der Waals surface area contributed by atoms with E-state index in [1.165, 1.54) is 10.4 Å². The minimum atomic E-state index is -2.86. The van der Waals surface area contributed by atoms with E-state index in [1.54, 1.807) is 13.8 Å². The largest absolute Gasteiger partial charge is 0.456 e. The van der Waals surface area contributed by atoms with Gasteiger partial charge in [0.15, 0.2) is 6.10 Å². The van der Waals surface area contributed by atoms with E-state index in [0.29, 0.717) is 12.8 Å². The van der Waals surface area contributed by atoms with Crippen molar-refractivity contribution in [3.05, 3.63) is 60.7 Å². The molecule has 0 unspecified atom stereocenters. The van der Waals surface area contributed by atoms with Crippen molar-refractivity contribution in [2.24, 2.45) is 0 Å². The SMILES string of the molecule is CC(C)(O)[C@@H]1CC[C@](C)([C@H]2OC(=O)C[C@@H]2O[Si](c2ccccc2)(c2ccccc2)C(C)(C)C)O1. The monoisotopic (exact) mass is 482 g/mol. The van der Waals surface area contributed by atoms with Crippen molar-refractivity contribution in [3.63, 3.8) is 0 Å². The number of hydrogen-bond acceptors (Lipinski definition) is 5. The van der Waals surface area contributed by atoms with Crippen LogP contribution < -0.4 is 10.4 Å². The summed E-state index contributed by atoms with van der Waals surface area (Å²) >= 11 is 0. The summed E-state index contributed by atoms with van der Waals surface area (Å²) in [6.45, 7) is 12.2. The van der Waals surface area contributed by atoms with Crippen LogP contribution in [0.1, 0.15) is 60.8 Å². The third-order valence-corrected chi connectivity index (χ3v) is 12.5. The van der Waals surface area contributed by atoms with Gasteiger partial charge in [-0.3, -0.25) is 4.79 Å². The van der Waals surface area contributed by atoms with Crippen molar-refractivity contribution in [3.8, 4) is 0 Å². The second kappa shape index (κ2) is 8.90. The average Bonchev–Trinajstić information content (AvgIpc) is 3.36. The summed E-state index contributed by atoms with van der Waals surface area (Å²) in [7, 11) is -2.86. The van der Waals surface area contributed by atoms with Gasteiger partial charge in [-0.1, -0.05) is 81.4 Å². The highest BCUT2D eigenvalue weighted by Gasteiger charge is 2.59. The number of aliphatic hydroxyl groups is 1. The number of carbonyl (C=O) groups excluding carboxylic acids is 1. The number of esters is 1. The molecule has 6 heteroatoms. The normalized spacial score (nSPS) is 28.2. The molecule has 0 aliphatic carbocycles. The summed E-state index contributed by atoms with van der Waals surface area (Å²) in [6.07, 6.45) is 0.310. The molecule has 34 heavy (non-hydrogen) atoms. The number of rotatable bonds is 6. The van der Waals surface area contributed by atoms with E-state index in [1.807, 2.05) is 19.1 Å². The number of carbonyl (C=O) groups is 1. The van der Waals surface area contributed by atoms with Crippen molar-refractivity contribution in [2.75, 3.05) is 0 Å². The highest BCUT2D eigenvalue weighted by Crippen LogP contribution is 2.45. The van der Waals surface area contributed by atoms with Crippen LogP contribution in [0, 0.1) is 0 Å². The Balaban J connectivity index is 1.77. The standard InChI is InChI=1S/C28H38O5Si/c1-26(2,3)34(20-13-9-7-10-14-20,21-15-11-8-12-16-21)33-22-19-24(29)31-25(22)28(6)18-17-23(32-28)27(4,5)30/h7-16,22-23,25,30H,17-19H2,1-6H3/t22-,23-,25-,28+/m0/s1. The smallest absolute Gasteiger partial charge is 0.308 e. The molecule has 0 saturated carbocycles. The Morgan fingerprint density at radius 3 is 1.94 bits per heavy atom. The minimum Gasteiger partial charge on any atom is -0.456 e. The van der Waals surface area contributed by atoms with Gasteiger partial charge in [0, 0.05) is 0 Å². The molecule has 2 heterocycles. The van der Waals surface area contributed by atoms with Crippen molar-refractivity contribution in [1.82, 2.24) is 0 Å². The molecule has 5 nitrogen and oxygen atoms in total. The van der Waals surface area contributed by atoms with Crippen LogP contribution in [0.4, 0.5) is 0 Å². The summed E-state index contributed by atoms with van der Waals surface area (Å²) in [5.74, 6) is -0.260. The Kier molecular flexibility index (Phi) is 6.57. The molecule has 0 amide bonds.